The van der Waals surface area contributed by atoms with E-state index in [4.69, 9.17) is 6.57 Å². The first-order chi connectivity index (χ1) is 17.1. The summed E-state index contributed by atoms with van der Waals surface area (Å²) in [7, 11) is -0.332. The smallest absolute Gasteiger partial charge is 0.283 e. The van der Waals surface area contributed by atoms with Crippen molar-refractivity contribution in [3.05, 3.63) is 70.3 Å². The minimum Gasteiger partial charge on any atom is -0.361 e. The molecule has 10 heteroatoms. The van der Waals surface area contributed by atoms with Gasteiger partial charge >= 0.3 is 0 Å². The summed E-state index contributed by atoms with van der Waals surface area (Å²) in [6.45, 7) is 11.6. The standard InChI is InChI=1S/C26H30N6O3S/c1-6-32-23(17(2)31(4)5)16-26(29-32)36(34,35)30-25(33)15-22-20-9-7-8-18(20)10-11-21(22)19-12-13-28-24(14-19)27-3/h10-14,16-17H,6-9,15H2,1-2,4-5H3,(H,30,33). The summed E-state index contributed by atoms with van der Waals surface area (Å²) >= 11 is 0. The van der Waals surface area contributed by atoms with Gasteiger partial charge in [-0.1, -0.05) is 18.7 Å². The summed E-state index contributed by atoms with van der Waals surface area (Å²) in [5.41, 5.74) is 5.40. The van der Waals surface area contributed by atoms with E-state index in [1.54, 1.807) is 23.0 Å². The minimum atomic E-state index is -4.15. The predicted molar refractivity (Wildman–Crippen MR) is 137 cm³/mol. The molecule has 1 N–H and O–H groups in total. The first-order valence-electron chi connectivity index (χ1n) is 11.9. The summed E-state index contributed by atoms with van der Waals surface area (Å²) < 4.78 is 30.1. The summed E-state index contributed by atoms with van der Waals surface area (Å²) in [5.74, 6) is -0.357. The van der Waals surface area contributed by atoms with Gasteiger partial charge < -0.3 is 9.74 Å². The van der Waals surface area contributed by atoms with Gasteiger partial charge in [0, 0.05) is 18.7 Å². The third-order valence-electron chi connectivity index (χ3n) is 6.72. The molecule has 1 unspecified atom stereocenters. The normalized spacial score (nSPS) is 13.9. The number of sulfonamides is 1. The number of nitrogens with one attached hydrogen (secondary N) is 1. The Balaban J connectivity index is 1.65. The van der Waals surface area contributed by atoms with Crippen LogP contribution in [0.25, 0.3) is 16.0 Å². The Morgan fingerprint density at radius 1 is 1.25 bits per heavy atom. The second-order valence-electron chi connectivity index (χ2n) is 9.17. The molecule has 0 saturated heterocycles. The highest BCUT2D eigenvalue weighted by atomic mass is 32.2. The molecule has 1 atom stereocenters. The Morgan fingerprint density at radius 2 is 2.03 bits per heavy atom. The van der Waals surface area contributed by atoms with Gasteiger partial charge in [-0.05, 0) is 87.2 Å². The molecule has 36 heavy (non-hydrogen) atoms. The number of nitrogens with zero attached hydrogens (tertiary/aromatic N) is 5. The molecular weight excluding hydrogens is 476 g/mol. The van der Waals surface area contributed by atoms with Crippen molar-refractivity contribution in [2.45, 2.75) is 57.1 Å². The van der Waals surface area contributed by atoms with Gasteiger partial charge in [-0.2, -0.15) is 13.5 Å². The van der Waals surface area contributed by atoms with E-state index in [0.717, 1.165) is 47.2 Å². The van der Waals surface area contributed by atoms with Gasteiger partial charge in [0.05, 0.1) is 12.1 Å². The van der Waals surface area contributed by atoms with Gasteiger partial charge in [0.25, 0.3) is 15.8 Å². The van der Waals surface area contributed by atoms with E-state index in [1.807, 2.05) is 38.9 Å². The number of aryl methyl sites for hydroxylation is 2. The van der Waals surface area contributed by atoms with Gasteiger partial charge in [-0.25, -0.2) is 4.72 Å². The van der Waals surface area contributed by atoms with Gasteiger partial charge in [-0.15, -0.1) is 4.98 Å². The van der Waals surface area contributed by atoms with Crippen LogP contribution in [-0.4, -0.2) is 48.1 Å². The number of benzene rings is 1. The molecule has 0 saturated carbocycles. The number of amides is 1. The van der Waals surface area contributed by atoms with Crippen LogP contribution in [-0.2, 0) is 40.6 Å². The highest BCUT2D eigenvalue weighted by Gasteiger charge is 2.27. The lowest BCUT2D eigenvalue weighted by Crippen LogP contribution is -2.32. The molecule has 4 rings (SSSR count). The molecule has 1 aliphatic rings. The van der Waals surface area contributed by atoms with Crippen LogP contribution in [0.2, 0.25) is 0 Å². The molecule has 1 aromatic carbocycles. The lowest BCUT2D eigenvalue weighted by atomic mass is 9.91. The highest BCUT2D eigenvalue weighted by Crippen LogP contribution is 2.34. The molecule has 0 radical (unpaired) electrons. The van der Waals surface area contributed by atoms with Gasteiger partial charge in [0.1, 0.15) is 6.20 Å². The van der Waals surface area contributed by atoms with E-state index >= 15 is 0 Å². The highest BCUT2D eigenvalue weighted by molar-refractivity contribution is 7.90. The van der Waals surface area contributed by atoms with Crippen LogP contribution < -0.4 is 4.72 Å². The Hall–Kier alpha value is -3.55. The SMILES string of the molecule is [C-]#[N+]c1cc(-c2ccc3c(c2CC(=O)NS(=O)(=O)c2cc(C(C)N(C)C)n(CC)n2)CCC3)ccn1. The first kappa shape index (κ1) is 25.5. The predicted octanol–water partition coefficient (Wildman–Crippen LogP) is 3.67. The Kier molecular flexibility index (Phi) is 7.24. The molecular formula is C26H30N6O3S. The van der Waals surface area contributed by atoms with E-state index in [1.165, 1.54) is 11.6 Å². The zero-order valence-corrected chi connectivity index (χ0v) is 21.8. The van der Waals surface area contributed by atoms with Crippen LogP contribution in [0, 0.1) is 6.57 Å². The molecule has 188 valence electrons. The second-order valence-corrected chi connectivity index (χ2v) is 10.8. The van der Waals surface area contributed by atoms with Crippen LogP contribution in [0.1, 0.15) is 48.7 Å². The average molecular weight is 507 g/mol. The van der Waals surface area contributed by atoms with E-state index in [9.17, 15) is 13.2 Å². The quantitative estimate of drug-likeness (QED) is 0.468. The zero-order valence-electron chi connectivity index (χ0n) is 20.9. The fourth-order valence-electron chi connectivity index (χ4n) is 4.65. The molecule has 9 nitrogen and oxygen atoms in total. The van der Waals surface area contributed by atoms with E-state index in [-0.39, 0.29) is 23.3 Å². The third kappa shape index (κ3) is 5.03. The van der Waals surface area contributed by atoms with Crippen molar-refractivity contribution in [3.63, 3.8) is 0 Å². The van der Waals surface area contributed by atoms with Crippen molar-refractivity contribution in [1.82, 2.24) is 24.4 Å². The first-order valence-corrected chi connectivity index (χ1v) is 13.4. The lowest BCUT2D eigenvalue weighted by molar-refractivity contribution is -0.118. The maximum atomic E-state index is 13.1. The fraction of sp³-hybridized carbons (Fsp3) is 0.385. The number of fused-ring (bicyclic) bond motifs is 1. The number of aromatic nitrogens is 3. The number of hydrogen-bond acceptors (Lipinski definition) is 6. The maximum Gasteiger partial charge on any atom is 0.283 e. The van der Waals surface area contributed by atoms with E-state index in [0.29, 0.717) is 6.54 Å². The minimum absolute atomic E-state index is 0.0488. The van der Waals surface area contributed by atoms with Crippen molar-refractivity contribution in [1.29, 1.82) is 0 Å². The van der Waals surface area contributed by atoms with Crippen LogP contribution in [0.4, 0.5) is 5.82 Å². The molecule has 0 fully saturated rings. The van der Waals surface area contributed by atoms with Gasteiger partial charge in [0.2, 0.25) is 5.91 Å². The summed E-state index contributed by atoms with van der Waals surface area (Å²) in [5, 5.41) is 4.09. The molecule has 2 heterocycles. The molecule has 1 aliphatic carbocycles. The fourth-order valence-corrected chi connectivity index (χ4v) is 5.61. The Bertz CT molecular complexity index is 1450. The molecule has 0 aliphatic heterocycles. The van der Waals surface area contributed by atoms with Crippen LogP contribution in [0.3, 0.4) is 0 Å². The number of pyridine rings is 1. The number of hydrogen-bond donors (Lipinski definition) is 1. The number of carbonyl (C=O) groups excluding carboxylic acids is 1. The summed E-state index contributed by atoms with van der Waals surface area (Å²) in [4.78, 5) is 22.5. The zero-order chi connectivity index (χ0) is 26.0. The lowest BCUT2D eigenvalue weighted by Gasteiger charge is -2.20. The monoisotopic (exact) mass is 506 g/mol. The van der Waals surface area contributed by atoms with E-state index < -0.39 is 15.9 Å². The van der Waals surface area contributed by atoms with Crippen molar-refractivity contribution < 1.29 is 13.2 Å². The molecule has 3 aromatic rings. The largest absolute Gasteiger partial charge is 0.361 e. The topological polar surface area (TPSA) is 102 Å². The van der Waals surface area contributed by atoms with Crippen LogP contribution in [0.15, 0.2) is 41.6 Å². The Labute approximate surface area is 212 Å². The average Bonchev–Trinajstić information content (AvgIpc) is 3.51. The maximum absolute atomic E-state index is 13.1. The van der Waals surface area contributed by atoms with Gasteiger partial charge in [-0.3, -0.25) is 9.48 Å². The molecule has 2 aromatic heterocycles. The van der Waals surface area contributed by atoms with Crippen molar-refractivity contribution in [3.8, 4) is 11.1 Å². The summed E-state index contributed by atoms with van der Waals surface area (Å²) in [6.07, 6.45) is 4.21. The Morgan fingerprint density at radius 3 is 2.72 bits per heavy atom. The summed E-state index contributed by atoms with van der Waals surface area (Å²) in [6, 6.07) is 8.97. The van der Waals surface area contributed by atoms with Gasteiger partial charge in [0.15, 0.2) is 5.03 Å². The second kappa shape index (κ2) is 10.2. The molecule has 1 amide bonds. The molecule has 0 spiro atoms. The number of carbonyl (C=O) groups is 1. The third-order valence-corrected chi connectivity index (χ3v) is 7.97. The van der Waals surface area contributed by atoms with Crippen LogP contribution in [0.5, 0.6) is 0 Å². The van der Waals surface area contributed by atoms with Crippen LogP contribution >= 0.6 is 0 Å². The van der Waals surface area contributed by atoms with E-state index in [2.05, 4.69) is 25.7 Å². The van der Waals surface area contributed by atoms with Crippen molar-refractivity contribution >= 4 is 21.7 Å². The molecule has 0 bridgehead atoms. The number of rotatable bonds is 8. The van der Waals surface area contributed by atoms with Crippen molar-refractivity contribution in [2.75, 3.05) is 14.1 Å². The van der Waals surface area contributed by atoms with Crippen molar-refractivity contribution in [2.24, 2.45) is 0 Å².